The lowest BCUT2D eigenvalue weighted by atomic mass is 10.1. The summed E-state index contributed by atoms with van der Waals surface area (Å²) < 4.78 is 5.74. The number of rotatable bonds is 13. The van der Waals surface area contributed by atoms with Crippen LogP contribution in [0.2, 0.25) is 0 Å². The van der Waals surface area contributed by atoms with Gasteiger partial charge in [0.2, 0.25) is 5.91 Å². The molecule has 2 aromatic rings. The van der Waals surface area contributed by atoms with E-state index in [4.69, 9.17) is 4.74 Å². The van der Waals surface area contributed by atoms with Crippen LogP contribution in [0.5, 0.6) is 5.75 Å². The maximum absolute atomic E-state index is 11.7. The highest BCUT2D eigenvalue weighted by molar-refractivity contribution is 5.88. The summed E-state index contributed by atoms with van der Waals surface area (Å²) in [7, 11) is 0. The maximum Gasteiger partial charge on any atom is 0.294 e. The standard InChI is InChI=1S/C20H27N3O6/c1-15(29-23(26)27)9-10-20(25)22-12-11-21-13-17(24)14-28-19-8-4-6-16-5-2-3-7-18(16)19/h2-8,15,17,21,24H,9-14H2,1H3,(H,22,25). The number of benzene rings is 2. The zero-order valence-corrected chi connectivity index (χ0v) is 16.4. The van der Waals surface area contributed by atoms with Crippen molar-refractivity contribution in [2.75, 3.05) is 26.2 Å². The van der Waals surface area contributed by atoms with E-state index >= 15 is 0 Å². The fourth-order valence-corrected chi connectivity index (χ4v) is 2.75. The number of hydrogen-bond donors (Lipinski definition) is 3. The molecule has 9 nitrogen and oxygen atoms in total. The predicted octanol–water partition coefficient (Wildman–Crippen LogP) is 1.66. The number of fused-ring (bicyclic) bond motifs is 1. The Morgan fingerprint density at radius 3 is 2.76 bits per heavy atom. The average molecular weight is 405 g/mol. The Morgan fingerprint density at radius 2 is 1.97 bits per heavy atom. The molecular formula is C20H27N3O6. The molecule has 0 aliphatic carbocycles. The molecule has 0 aliphatic heterocycles. The van der Waals surface area contributed by atoms with Gasteiger partial charge in [0.25, 0.3) is 5.09 Å². The summed E-state index contributed by atoms with van der Waals surface area (Å²) in [6.45, 7) is 2.90. The van der Waals surface area contributed by atoms with E-state index in [0.29, 0.717) is 19.6 Å². The van der Waals surface area contributed by atoms with Gasteiger partial charge in [-0.1, -0.05) is 36.4 Å². The quantitative estimate of drug-likeness (QED) is 0.263. The number of aliphatic hydroxyl groups is 1. The molecule has 0 saturated carbocycles. The molecule has 0 aliphatic rings. The van der Waals surface area contributed by atoms with Crippen molar-refractivity contribution in [3.8, 4) is 5.75 Å². The van der Waals surface area contributed by atoms with Gasteiger partial charge in [-0.25, -0.2) is 0 Å². The Hall–Kier alpha value is -2.91. The lowest BCUT2D eigenvalue weighted by Gasteiger charge is -2.15. The van der Waals surface area contributed by atoms with E-state index in [1.165, 1.54) is 0 Å². The van der Waals surface area contributed by atoms with E-state index in [1.54, 1.807) is 6.92 Å². The molecule has 0 bridgehead atoms. The summed E-state index contributed by atoms with van der Waals surface area (Å²) in [5.74, 6) is 0.523. The van der Waals surface area contributed by atoms with Crippen molar-refractivity contribution in [3.63, 3.8) is 0 Å². The highest BCUT2D eigenvalue weighted by atomic mass is 17.0. The smallest absolute Gasteiger partial charge is 0.294 e. The number of carbonyl (C=O) groups is 1. The van der Waals surface area contributed by atoms with Crippen LogP contribution < -0.4 is 15.4 Å². The molecule has 2 unspecified atom stereocenters. The van der Waals surface area contributed by atoms with Crippen LogP contribution in [0.1, 0.15) is 19.8 Å². The molecule has 2 rings (SSSR count). The van der Waals surface area contributed by atoms with Gasteiger partial charge in [0, 0.05) is 31.4 Å². The molecule has 0 fully saturated rings. The molecule has 0 aromatic heterocycles. The number of carbonyl (C=O) groups excluding carboxylic acids is 1. The highest BCUT2D eigenvalue weighted by Gasteiger charge is 2.10. The maximum atomic E-state index is 11.7. The molecule has 2 atom stereocenters. The first-order chi connectivity index (χ1) is 14.0. The number of nitrogens with zero attached hydrogens (tertiary/aromatic N) is 1. The normalized spacial score (nSPS) is 12.9. The Labute approximate surface area is 169 Å². The van der Waals surface area contributed by atoms with Gasteiger partial charge in [-0.15, -0.1) is 10.1 Å². The summed E-state index contributed by atoms with van der Waals surface area (Å²) in [5.41, 5.74) is 0. The minimum atomic E-state index is -0.859. The summed E-state index contributed by atoms with van der Waals surface area (Å²) in [4.78, 5) is 26.2. The van der Waals surface area contributed by atoms with Crippen LogP contribution in [0.25, 0.3) is 10.8 Å². The Balaban J connectivity index is 1.57. The fourth-order valence-electron chi connectivity index (χ4n) is 2.75. The van der Waals surface area contributed by atoms with E-state index in [-0.39, 0.29) is 25.4 Å². The van der Waals surface area contributed by atoms with E-state index in [1.807, 2.05) is 42.5 Å². The van der Waals surface area contributed by atoms with Gasteiger partial charge in [0.05, 0.1) is 0 Å². The van der Waals surface area contributed by atoms with Crippen LogP contribution in [0.3, 0.4) is 0 Å². The lowest BCUT2D eigenvalue weighted by molar-refractivity contribution is -0.767. The first-order valence-electron chi connectivity index (χ1n) is 9.53. The number of amides is 1. The molecule has 29 heavy (non-hydrogen) atoms. The van der Waals surface area contributed by atoms with Crippen LogP contribution in [-0.4, -0.2) is 54.5 Å². The van der Waals surface area contributed by atoms with Crippen molar-refractivity contribution in [3.05, 3.63) is 52.6 Å². The minimum absolute atomic E-state index is 0.149. The van der Waals surface area contributed by atoms with Gasteiger partial charge >= 0.3 is 0 Å². The second kappa shape index (κ2) is 11.8. The summed E-state index contributed by atoms with van der Waals surface area (Å²) >= 11 is 0. The third-order valence-corrected chi connectivity index (χ3v) is 4.23. The number of nitrogens with one attached hydrogen (secondary N) is 2. The van der Waals surface area contributed by atoms with Crippen molar-refractivity contribution >= 4 is 16.7 Å². The molecule has 2 aromatic carbocycles. The molecule has 0 radical (unpaired) electrons. The minimum Gasteiger partial charge on any atom is -0.490 e. The molecule has 158 valence electrons. The van der Waals surface area contributed by atoms with Crippen molar-refractivity contribution in [2.24, 2.45) is 0 Å². The third kappa shape index (κ3) is 8.32. The van der Waals surface area contributed by atoms with Gasteiger partial charge in [0.1, 0.15) is 24.6 Å². The van der Waals surface area contributed by atoms with Gasteiger partial charge in [-0.2, -0.15) is 0 Å². The topological polar surface area (TPSA) is 123 Å². The third-order valence-electron chi connectivity index (χ3n) is 4.23. The molecule has 0 heterocycles. The molecular weight excluding hydrogens is 378 g/mol. The monoisotopic (exact) mass is 405 g/mol. The first-order valence-corrected chi connectivity index (χ1v) is 9.53. The van der Waals surface area contributed by atoms with Crippen LogP contribution in [0.15, 0.2) is 42.5 Å². The van der Waals surface area contributed by atoms with E-state index in [2.05, 4.69) is 15.5 Å². The van der Waals surface area contributed by atoms with Crippen LogP contribution in [-0.2, 0) is 9.63 Å². The van der Waals surface area contributed by atoms with Crippen molar-refractivity contribution in [1.82, 2.24) is 10.6 Å². The van der Waals surface area contributed by atoms with Crippen LogP contribution in [0, 0.1) is 10.1 Å². The highest BCUT2D eigenvalue weighted by Crippen LogP contribution is 2.25. The van der Waals surface area contributed by atoms with Gasteiger partial charge in [-0.3, -0.25) is 4.79 Å². The Bertz CT molecular complexity index is 795. The summed E-state index contributed by atoms with van der Waals surface area (Å²) in [6.07, 6.45) is -0.892. The number of ether oxygens (including phenoxy) is 1. The van der Waals surface area contributed by atoms with Crippen molar-refractivity contribution in [1.29, 1.82) is 0 Å². The molecule has 3 N–H and O–H groups in total. The van der Waals surface area contributed by atoms with E-state index in [0.717, 1.165) is 16.5 Å². The van der Waals surface area contributed by atoms with Crippen LogP contribution in [0.4, 0.5) is 0 Å². The number of hydrogen-bond acceptors (Lipinski definition) is 7. The predicted molar refractivity (Wildman–Crippen MR) is 108 cm³/mol. The van der Waals surface area contributed by atoms with E-state index < -0.39 is 17.3 Å². The lowest BCUT2D eigenvalue weighted by Crippen LogP contribution is -2.37. The Kier molecular flexibility index (Phi) is 9.13. The SMILES string of the molecule is CC(CCC(=O)NCCNCC(O)COc1cccc2ccccc12)O[N+](=O)[O-]. The van der Waals surface area contributed by atoms with Crippen molar-refractivity contribution in [2.45, 2.75) is 32.0 Å². The Morgan fingerprint density at radius 1 is 1.21 bits per heavy atom. The average Bonchev–Trinajstić information content (AvgIpc) is 2.70. The second-order valence-electron chi connectivity index (χ2n) is 6.67. The second-order valence-corrected chi connectivity index (χ2v) is 6.67. The molecule has 0 saturated heterocycles. The zero-order valence-electron chi connectivity index (χ0n) is 16.4. The molecule has 1 amide bonds. The summed E-state index contributed by atoms with van der Waals surface area (Å²) in [5, 5.41) is 27.2. The molecule has 0 spiro atoms. The van der Waals surface area contributed by atoms with E-state index in [9.17, 15) is 20.0 Å². The van der Waals surface area contributed by atoms with Crippen LogP contribution >= 0.6 is 0 Å². The molecule has 9 heteroatoms. The fraction of sp³-hybridized carbons (Fsp3) is 0.450. The van der Waals surface area contributed by atoms with Gasteiger partial charge in [0.15, 0.2) is 0 Å². The van der Waals surface area contributed by atoms with Crippen molar-refractivity contribution < 1.29 is 24.6 Å². The van der Waals surface area contributed by atoms with Gasteiger partial charge < -0.3 is 25.3 Å². The zero-order chi connectivity index (χ0) is 21.1. The summed E-state index contributed by atoms with van der Waals surface area (Å²) in [6, 6.07) is 13.7. The first kappa shape index (κ1) is 22.4. The van der Waals surface area contributed by atoms with Gasteiger partial charge in [-0.05, 0) is 24.8 Å². The number of aliphatic hydroxyl groups excluding tert-OH is 1. The largest absolute Gasteiger partial charge is 0.490 e.